The summed E-state index contributed by atoms with van der Waals surface area (Å²) in [6.07, 6.45) is 2.96. The molecule has 1 heterocycles. The van der Waals surface area contributed by atoms with Crippen LogP contribution in [0.25, 0.3) is 0 Å². The average molecular weight is 340 g/mol. The second-order valence-electron chi connectivity index (χ2n) is 5.66. The Hall–Kier alpha value is -1.44. The summed E-state index contributed by atoms with van der Waals surface area (Å²) in [6.45, 7) is 2.13. The molecule has 0 bridgehead atoms. The Morgan fingerprint density at radius 3 is 2.43 bits per heavy atom. The summed E-state index contributed by atoms with van der Waals surface area (Å²) in [5, 5.41) is 2.73. The molecular formula is C16H24N2O4S. The molecule has 0 aromatic heterocycles. The van der Waals surface area contributed by atoms with Crippen molar-refractivity contribution in [3.05, 3.63) is 35.4 Å². The molecule has 128 valence electrons. The number of rotatable bonds is 7. The molecule has 1 fully saturated rings. The highest BCUT2D eigenvalue weighted by molar-refractivity contribution is 7.88. The molecule has 0 atom stereocenters. The van der Waals surface area contributed by atoms with E-state index in [4.69, 9.17) is 4.74 Å². The second-order valence-corrected chi connectivity index (χ2v) is 7.63. The Morgan fingerprint density at radius 2 is 1.83 bits per heavy atom. The van der Waals surface area contributed by atoms with Crippen LogP contribution in [-0.4, -0.2) is 52.0 Å². The molecule has 6 nitrogen and oxygen atoms in total. The van der Waals surface area contributed by atoms with Crippen LogP contribution in [0.1, 0.15) is 35.2 Å². The number of piperidine rings is 1. The number of methoxy groups -OCH3 is 1. The number of benzene rings is 1. The minimum atomic E-state index is -3.27. The van der Waals surface area contributed by atoms with Crippen LogP contribution in [-0.2, 0) is 20.5 Å². The summed E-state index contributed by atoms with van der Waals surface area (Å²) < 4.78 is 31.2. The van der Waals surface area contributed by atoms with E-state index >= 15 is 0 Å². The number of hydrogen-bond acceptors (Lipinski definition) is 4. The lowest BCUT2D eigenvalue weighted by Crippen LogP contribution is -2.36. The van der Waals surface area contributed by atoms with Gasteiger partial charge in [-0.2, -0.15) is 0 Å². The molecule has 7 heteroatoms. The van der Waals surface area contributed by atoms with Crippen LogP contribution in [0.2, 0.25) is 0 Å². The fraction of sp³-hybridized carbons (Fsp3) is 0.562. The maximum atomic E-state index is 12.4. The standard InChI is InChI=1S/C16H24N2O4S/c1-22-12-9-17-16(19)15-7-5-14(6-8-15)13-23(20,21)18-10-3-2-4-11-18/h5-8H,2-4,9-13H2,1H3,(H,17,19). The van der Waals surface area contributed by atoms with Gasteiger partial charge in [0.15, 0.2) is 0 Å². The number of amides is 1. The lowest BCUT2D eigenvalue weighted by Gasteiger charge is -2.25. The lowest BCUT2D eigenvalue weighted by molar-refractivity contribution is 0.0937. The predicted octanol–water partition coefficient (Wildman–Crippen LogP) is 1.38. The second kappa shape index (κ2) is 8.42. The molecule has 1 N–H and O–H groups in total. The van der Waals surface area contributed by atoms with Crippen molar-refractivity contribution in [3.8, 4) is 0 Å². The molecule has 0 saturated carbocycles. The van der Waals surface area contributed by atoms with Crippen molar-refractivity contribution >= 4 is 15.9 Å². The molecule has 0 aliphatic carbocycles. The Bertz CT molecular complexity index is 607. The number of nitrogens with zero attached hydrogens (tertiary/aromatic N) is 1. The highest BCUT2D eigenvalue weighted by Crippen LogP contribution is 2.17. The molecule has 1 amide bonds. The molecule has 1 aromatic carbocycles. The zero-order valence-electron chi connectivity index (χ0n) is 13.5. The highest BCUT2D eigenvalue weighted by Gasteiger charge is 2.24. The van der Waals surface area contributed by atoms with E-state index in [0.717, 1.165) is 19.3 Å². The van der Waals surface area contributed by atoms with E-state index in [2.05, 4.69) is 5.32 Å². The fourth-order valence-electron chi connectivity index (χ4n) is 2.57. The maximum Gasteiger partial charge on any atom is 0.251 e. The molecule has 1 aliphatic rings. The van der Waals surface area contributed by atoms with Crippen molar-refractivity contribution in [1.82, 2.24) is 9.62 Å². The molecular weight excluding hydrogens is 316 g/mol. The Kier molecular flexibility index (Phi) is 6.56. The molecule has 23 heavy (non-hydrogen) atoms. The monoisotopic (exact) mass is 340 g/mol. The smallest absolute Gasteiger partial charge is 0.251 e. The summed E-state index contributed by atoms with van der Waals surface area (Å²) in [7, 11) is -1.70. The van der Waals surface area contributed by atoms with Crippen molar-refractivity contribution in [2.75, 3.05) is 33.4 Å². The van der Waals surface area contributed by atoms with Crippen molar-refractivity contribution in [2.45, 2.75) is 25.0 Å². The van der Waals surface area contributed by atoms with E-state index in [1.165, 1.54) is 0 Å². The first kappa shape index (κ1) is 17.9. The largest absolute Gasteiger partial charge is 0.383 e. The highest BCUT2D eigenvalue weighted by atomic mass is 32.2. The summed E-state index contributed by atoms with van der Waals surface area (Å²) in [5.74, 6) is -0.203. The topological polar surface area (TPSA) is 75.7 Å². The van der Waals surface area contributed by atoms with Gasteiger partial charge in [-0.1, -0.05) is 18.6 Å². The van der Waals surface area contributed by atoms with Crippen molar-refractivity contribution in [3.63, 3.8) is 0 Å². The Balaban J connectivity index is 1.95. The van der Waals surface area contributed by atoms with Crippen LogP contribution < -0.4 is 5.32 Å². The van der Waals surface area contributed by atoms with Gasteiger partial charge in [-0.05, 0) is 30.5 Å². The average Bonchev–Trinajstić information content (AvgIpc) is 2.56. The molecule has 0 spiro atoms. The van der Waals surface area contributed by atoms with Gasteiger partial charge in [0, 0.05) is 32.3 Å². The number of ether oxygens (including phenoxy) is 1. The summed E-state index contributed by atoms with van der Waals surface area (Å²) in [6, 6.07) is 6.71. The first-order valence-electron chi connectivity index (χ1n) is 7.87. The van der Waals surface area contributed by atoms with Gasteiger partial charge in [-0.15, -0.1) is 0 Å². The van der Waals surface area contributed by atoms with E-state index in [9.17, 15) is 13.2 Å². The first-order valence-corrected chi connectivity index (χ1v) is 9.48. The molecule has 1 saturated heterocycles. The third-order valence-electron chi connectivity index (χ3n) is 3.87. The SMILES string of the molecule is COCCNC(=O)c1ccc(CS(=O)(=O)N2CCCCC2)cc1. The minimum Gasteiger partial charge on any atom is -0.383 e. The van der Waals surface area contributed by atoms with Crippen LogP contribution in [0.15, 0.2) is 24.3 Å². The molecule has 0 unspecified atom stereocenters. The normalized spacial score (nSPS) is 16.2. The van der Waals surface area contributed by atoms with E-state index < -0.39 is 10.0 Å². The fourth-order valence-corrected chi connectivity index (χ4v) is 4.18. The van der Waals surface area contributed by atoms with Gasteiger partial charge in [0.1, 0.15) is 0 Å². The zero-order valence-corrected chi connectivity index (χ0v) is 14.3. The zero-order chi connectivity index (χ0) is 16.7. The lowest BCUT2D eigenvalue weighted by atomic mass is 10.1. The number of nitrogens with one attached hydrogen (secondary N) is 1. The van der Waals surface area contributed by atoms with E-state index in [-0.39, 0.29) is 11.7 Å². The first-order chi connectivity index (χ1) is 11.0. The van der Waals surface area contributed by atoms with Crippen LogP contribution in [0.5, 0.6) is 0 Å². The van der Waals surface area contributed by atoms with E-state index in [1.54, 1.807) is 35.7 Å². The molecule has 2 rings (SSSR count). The van der Waals surface area contributed by atoms with Crippen LogP contribution in [0.4, 0.5) is 0 Å². The number of sulfonamides is 1. The minimum absolute atomic E-state index is 0.0153. The van der Waals surface area contributed by atoms with Gasteiger partial charge in [0.2, 0.25) is 10.0 Å². The van der Waals surface area contributed by atoms with Crippen LogP contribution in [0.3, 0.4) is 0 Å². The Morgan fingerprint density at radius 1 is 1.17 bits per heavy atom. The summed E-state index contributed by atoms with van der Waals surface area (Å²) in [5.41, 5.74) is 1.21. The van der Waals surface area contributed by atoms with Crippen molar-refractivity contribution in [2.24, 2.45) is 0 Å². The number of hydrogen-bond donors (Lipinski definition) is 1. The predicted molar refractivity (Wildman–Crippen MR) is 88.7 cm³/mol. The number of carbonyl (C=O) groups is 1. The molecule has 1 aliphatic heterocycles. The third-order valence-corrected chi connectivity index (χ3v) is 5.72. The summed E-state index contributed by atoms with van der Waals surface area (Å²) >= 11 is 0. The van der Waals surface area contributed by atoms with Gasteiger partial charge in [0.05, 0.1) is 12.4 Å². The van der Waals surface area contributed by atoms with Crippen LogP contribution in [0, 0.1) is 0 Å². The van der Waals surface area contributed by atoms with E-state index in [0.29, 0.717) is 37.4 Å². The third kappa shape index (κ3) is 5.30. The maximum absolute atomic E-state index is 12.4. The van der Waals surface area contributed by atoms with Crippen molar-refractivity contribution in [1.29, 1.82) is 0 Å². The van der Waals surface area contributed by atoms with Gasteiger partial charge in [-0.25, -0.2) is 12.7 Å². The van der Waals surface area contributed by atoms with Gasteiger partial charge in [0.25, 0.3) is 5.91 Å². The van der Waals surface area contributed by atoms with Crippen LogP contribution >= 0.6 is 0 Å². The molecule has 0 radical (unpaired) electrons. The Labute approximate surface area is 137 Å². The van der Waals surface area contributed by atoms with E-state index in [1.807, 2.05) is 0 Å². The van der Waals surface area contributed by atoms with Crippen molar-refractivity contribution < 1.29 is 17.9 Å². The van der Waals surface area contributed by atoms with Gasteiger partial charge in [-0.3, -0.25) is 4.79 Å². The van der Waals surface area contributed by atoms with Gasteiger partial charge >= 0.3 is 0 Å². The quantitative estimate of drug-likeness (QED) is 0.761. The van der Waals surface area contributed by atoms with Gasteiger partial charge < -0.3 is 10.1 Å². The summed E-state index contributed by atoms with van der Waals surface area (Å²) in [4.78, 5) is 11.9. The number of carbonyl (C=O) groups excluding carboxylic acids is 1. The molecule has 1 aromatic rings.